The van der Waals surface area contributed by atoms with Gasteiger partial charge < -0.3 is 15.0 Å². The number of nitrogens with one attached hydrogen (secondary N) is 2. The number of carbonyl (C=O) groups is 1. The number of amides is 2. The summed E-state index contributed by atoms with van der Waals surface area (Å²) in [7, 11) is -3.17. The molecule has 2 heterocycles. The van der Waals surface area contributed by atoms with Crippen LogP contribution < -0.4 is 10.0 Å². The third-order valence-corrected chi connectivity index (χ3v) is 4.73. The lowest BCUT2D eigenvalue weighted by molar-refractivity contribution is 0.0385. The van der Waals surface area contributed by atoms with Crippen molar-refractivity contribution >= 4 is 16.1 Å². The normalized spacial score (nSPS) is 21.8. The van der Waals surface area contributed by atoms with Crippen LogP contribution >= 0.6 is 0 Å². The molecule has 2 N–H and O–H groups in total. The second-order valence-electron chi connectivity index (χ2n) is 5.84. The Morgan fingerprint density at radius 1 is 1.18 bits per heavy atom. The van der Waals surface area contributed by atoms with Crippen LogP contribution in [0.15, 0.2) is 0 Å². The van der Waals surface area contributed by atoms with Gasteiger partial charge in [0.25, 0.3) is 0 Å². The van der Waals surface area contributed by atoms with Gasteiger partial charge in [-0.1, -0.05) is 0 Å². The maximum absolute atomic E-state index is 12.1. The third-order valence-electron chi connectivity index (χ3n) is 3.97. The van der Waals surface area contributed by atoms with E-state index in [1.807, 2.05) is 0 Å². The predicted octanol–water partition coefficient (Wildman–Crippen LogP) is -0.958. The van der Waals surface area contributed by atoms with E-state index >= 15 is 0 Å². The van der Waals surface area contributed by atoms with Gasteiger partial charge in [0, 0.05) is 45.3 Å². The second-order valence-corrected chi connectivity index (χ2v) is 7.62. The largest absolute Gasteiger partial charge is 0.379 e. The molecule has 0 atom stereocenters. The van der Waals surface area contributed by atoms with Crippen molar-refractivity contribution in [3.05, 3.63) is 0 Å². The molecule has 9 heteroatoms. The summed E-state index contributed by atoms with van der Waals surface area (Å²) in [6.45, 7) is 5.97. The molecule has 2 rings (SSSR count). The summed E-state index contributed by atoms with van der Waals surface area (Å²) in [5.41, 5.74) is 0. The molecule has 8 nitrogen and oxygen atoms in total. The fourth-order valence-electron chi connectivity index (χ4n) is 2.76. The predicted molar refractivity (Wildman–Crippen MR) is 83.2 cm³/mol. The Bertz CT molecular complexity index is 457. The molecule has 22 heavy (non-hydrogen) atoms. The summed E-state index contributed by atoms with van der Waals surface area (Å²) in [6, 6.07) is -0.126. The Morgan fingerprint density at radius 3 is 2.41 bits per heavy atom. The summed E-state index contributed by atoms with van der Waals surface area (Å²) >= 11 is 0. The number of hydrogen-bond acceptors (Lipinski definition) is 5. The van der Waals surface area contributed by atoms with E-state index in [1.165, 1.54) is 0 Å². The zero-order chi connectivity index (χ0) is 16.0. The van der Waals surface area contributed by atoms with Crippen molar-refractivity contribution in [2.24, 2.45) is 0 Å². The van der Waals surface area contributed by atoms with Crippen molar-refractivity contribution in [3.63, 3.8) is 0 Å². The van der Waals surface area contributed by atoms with Crippen molar-refractivity contribution in [2.75, 3.05) is 58.7 Å². The average Bonchev–Trinajstić information content (AvgIpc) is 2.47. The van der Waals surface area contributed by atoms with Gasteiger partial charge in [-0.3, -0.25) is 4.90 Å². The quantitative estimate of drug-likeness (QED) is 0.676. The van der Waals surface area contributed by atoms with E-state index in [9.17, 15) is 13.2 Å². The zero-order valence-electron chi connectivity index (χ0n) is 13.1. The van der Waals surface area contributed by atoms with Gasteiger partial charge in [-0.25, -0.2) is 17.9 Å². The molecule has 0 aromatic heterocycles. The topological polar surface area (TPSA) is 91.0 Å². The number of rotatable bonds is 5. The van der Waals surface area contributed by atoms with Crippen LogP contribution in [0.3, 0.4) is 0 Å². The molecule has 0 aromatic rings. The van der Waals surface area contributed by atoms with Gasteiger partial charge in [0.2, 0.25) is 10.0 Å². The maximum atomic E-state index is 12.1. The molecule has 2 amide bonds. The van der Waals surface area contributed by atoms with Crippen LogP contribution in [0.25, 0.3) is 0 Å². The van der Waals surface area contributed by atoms with Crippen LogP contribution in [0, 0.1) is 0 Å². The Hall–Kier alpha value is -0.900. The van der Waals surface area contributed by atoms with Crippen molar-refractivity contribution in [3.8, 4) is 0 Å². The molecule has 0 aromatic carbocycles. The monoisotopic (exact) mass is 334 g/mol. The first-order valence-electron chi connectivity index (χ1n) is 7.74. The molecule has 128 valence electrons. The minimum Gasteiger partial charge on any atom is -0.379 e. The lowest BCUT2D eigenvalue weighted by Crippen LogP contribution is -2.50. The summed E-state index contributed by atoms with van der Waals surface area (Å²) in [5, 5.41) is 2.93. The first kappa shape index (κ1) is 17.5. The lowest BCUT2D eigenvalue weighted by atomic mass is 10.1. The highest BCUT2D eigenvalue weighted by atomic mass is 32.2. The minimum atomic E-state index is -3.17. The fraction of sp³-hybridized carbons (Fsp3) is 0.923. The Balaban J connectivity index is 1.62. The molecule has 0 unspecified atom stereocenters. The van der Waals surface area contributed by atoms with Crippen LogP contribution in [0.4, 0.5) is 4.79 Å². The minimum absolute atomic E-state index is 0.0626. The first-order valence-corrected chi connectivity index (χ1v) is 9.63. The van der Waals surface area contributed by atoms with Gasteiger partial charge in [-0.05, 0) is 12.8 Å². The standard InChI is InChI=1S/C13H26N4O4S/c1-22(19,20)15-12-2-5-17(6-3-12)13(18)14-4-7-16-8-10-21-11-9-16/h12,15H,2-11H2,1H3,(H,14,18). The number of morpholine rings is 1. The van der Waals surface area contributed by atoms with Crippen molar-refractivity contribution in [1.82, 2.24) is 19.8 Å². The zero-order valence-corrected chi connectivity index (χ0v) is 13.9. The van der Waals surface area contributed by atoms with Crippen LogP contribution in [-0.2, 0) is 14.8 Å². The van der Waals surface area contributed by atoms with Gasteiger partial charge in [0.15, 0.2) is 0 Å². The average molecular weight is 334 g/mol. The number of nitrogens with zero attached hydrogens (tertiary/aromatic N) is 2. The van der Waals surface area contributed by atoms with Gasteiger partial charge in [-0.15, -0.1) is 0 Å². The number of sulfonamides is 1. The van der Waals surface area contributed by atoms with Crippen LogP contribution in [0.1, 0.15) is 12.8 Å². The number of carbonyl (C=O) groups excluding carboxylic acids is 1. The number of likely N-dealkylation sites (tertiary alicyclic amines) is 1. The maximum Gasteiger partial charge on any atom is 0.317 e. The van der Waals surface area contributed by atoms with E-state index in [4.69, 9.17) is 4.74 Å². The highest BCUT2D eigenvalue weighted by Crippen LogP contribution is 2.11. The third kappa shape index (κ3) is 6.07. The van der Waals surface area contributed by atoms with E-state index in [2.05, 4.69) is 14.9 Å². The van der Waals surface area contributed by atoms with Gasteiger partial charge in [-0.2, -0.15) is 0 Å². The molecule has 0 spiro atoms. The number of ether oxygens (including phenoxy) is 1. The van der Waals surface area contributed by atoms with E-state index in [0.29, 0.717) is 32.5 Å². The van der Waals surface area contributed by atoms with Crippen LogP contribution in [0.2, 0.25) is 0 Å². The van der Waals surface area contributed by atoms with E-state index < -0.39 is 10.0 Å². The summed E-state index contributed by atoms with van der Waals surface area (Å²) < 4.78 is 30.3. The fourth-order valence-corrected chi connectivity index (χ4v) is 3.60. The molecular weight excluding hydrogens is 308 g/mol. The second kappa shape index (κ2) is 8.09. The molecule has 0 radical (unpaired) electrons. The molecular formula is C13H26N4O4S. The molecule has 0 aliphatic carbocycles. The van der Waals surface area contributed by atoms with Crippen LogP contribution in [0.5, 0.6) is 0 Å². The number of hydrogen-bond donors (Lipinski definition) is 2. The lowest BCUT2D eigenvalue weighted by Gasteiger charge is -2.32. The highest BCUT2D eigenvalue weighted by Gasteiger charge is 2.24. The van der Waals surface area contributed by atoms with Gasteiger partial charge in [0.05, 0.1) is 19.5 Å². The molecule has 0 bridgehead atoms. The molecule has 2 aliphatic heterocycles. The molecule has 0 saturated carbocycles. The van der Waals surface area contributed by atoms with E-state index in [0.717, 1.165) is 39.1 Å². The summed E-state index contributed by atoms with van der Waals surface area (Å²) in [4.78, 5) is 16.1. The van der Waals surface area contributed by atoms with Crippen molar-refractivity contribution < 1.29 is 17.9 Å². The summed E-state index contributed by atoms with van der Waals surface area (Å²) in [6.07, 6.45) is 2.48. The van der Waals surface area contributed by atoms with Crippen molar-refractivity contribution in [1.29, 1.82) is 0 Å². The Labute approximate surface area is 132 Å². The Kier molecular flexibility index (Phi) is 6.42. The molecule has 2 fully saturated rings. The number of urea groups is 1. The highest BCUT2D eigenvalue weighted by molar-refractivity contribution is 7.88. The van der Waals surface area contributed by atoms with Gasteiger partial charge in [0.1, 0.15) is 0 Å². The van der Waals surface area contributed by atoms with E-state index in [1.54, 1.807) is 4.90 Å². The SMILES string of the molecule is CS(=O)(=O)NC1CCN(C(=O)NCCN2CCOCC2)CC1. The van der Waals surface area contributed by atoms with Gasteiger partial charge >= 0.3 is 6.03 Å². The van der Waals surface area contributed by atoms with Crippen molar-refractivity contribution in [2.45, 2.75) is 18.9 Å². The Morgan fingerprint density at radius 2 is 1.82 bits per heavy atom. The smallest absolute Gasteiger partial charge is 0.317 e. The molecule has 2 saturated heterocycles. The molecule has 2 aliphatic rings. The van der Waals surface area contributed by atoms with Crippen LogP contribution in [-0.4, -0.2) is 89.0 Å². The number of piperidine rings is 1. The first-order chi connectivity index (χ1) is 10.4. The summed E-state index contributed by atoms with van der Waals surface area (Å²) in [5.74, 6) is 0. The van der Waals surface area contributed by atoms with E-state index in [-0.39, 0.29) is 12.1 Å².